The van der Waals surface area contributed by atoms with Gasteiger partial charge >= 0.3 is 0 Å². The SMILES string of the molecule is COc1ccc(NNC(N)=S)c(OC)c1. The van der Waals surface area contributed by atoms with Gasteiger partial charge in [0.25, 0.3) is 0 Å². The number of methoxy groups -OCH3 is 2. The first-order chi connectivity index (χ1) is 7.17. The predicted octanol–water partition coefficient (Wildman–Crippen LogP) is 0.864. The van der Waals surface area contributed by atoms with E-state index in [1.165, 1.54) is 0 Å². The van der Waals surface area contributed by atoms with Crippen molar-refractivity contribution in [1.29, 1.82) is 0 Å². The molecule has 0 heterocycles. The van der Waals surface area contributed by atoms with Crippen molar-refractivity contribution in [2.24, 2.45) is 5.73 Å². The van der Waals surface area contributed by atoms with Crippen molar-refractivity contribution in [3.63, 3.8) is 0 Å². The number of hydrazine groups is 1. The Morgan fingerprint density at radius 1 is 1.33 bits per heavy atom. The van der Waals surface area contributed by atoms with Gasteiger partial charge in [0, 0.05) is 6.07 Å². The summed E-state index contributed by atoms with van der Waals surface area (Å²) in [6.45, 7) is 0. The minimum atomic E-state index is 0.160. The van der Waals surface area contributed by atoms with Crippen LogP contribution in [0.15, 0.2) is 18.2 Å². The standard InChI is InChI=1S/C9H13N3O2S/c1-13-6-3-4-7(8(5-6)14-2)11-12-9(10)15/h3-5,11H,1-2H3,(H3,10,12,15). The summed E-state index contributed by atoms with van der Waals surface area (Å²) in [6, 6.07) is 5.35. The van der Waals surface area contributed by atoms with Gasteiger partial charge in [-0.1, -0.05) is 0 Å². The first kappa shape index (κ1) is 11.4. The van der Waals surface area contributed by atoms with Crippen molar-refractivity contribution in [1.82, 2.24) is 5.43 Å². The molecule has 0 aliphatic rings. The van der Waals surface area contributed by atoms with Crippen LogP contribution in [-0.4, -0.2) is 19.3 Å². The lowest BCUT2D eigenvalue weighted by Crippen LogP contribution is -2.34. The van der Waals surface area contributed by atoms with E-state index in [0.717, 1.165) is 5.69 Å². The number of benzene rings is 1. The van der Waals surface area contributed by atoms with Gasteiger partial charge in [0.2, 0.25) is 0 Å². The minimum Gasteiger partial charge on any atom is -0.497 e. The molecule has 0 amide bonds. The summed E-state index contributed by atoms with van der Waals surface area (Å²) in [4.78, 5) is 0. The Balaban J connectivity index is 2.82. The van der Waals surface area contributed by atoms with Crippen LogP contribution in [0.4, 0.5) is 5.69 Å². The molecule has 0 aliphatic carbocycles. The number of hydrogen-bond acceptors (Lipinski definition) is 4. The Hall–Kier alpha value is -1.69. The van der Waals surface area contributed by atoms with Gasteiger partial charge in [0.05, 0.1) is 19.9 Å². The number of rotatable bonds is 4. The Morgan fingerprint density at radius 2 is 2.07 bits per heavy atom. The van der Waals surface area contributed by atoms with Crippen LogP contribution in [0.5, 0.6) is 11.5 Å². The number of hydrogen-bond donors (Lipinski definition) is 3. The van der Waals surface area contributed by atoms with Crippen LogP contribution in [0.25, 0.3) is 0 Å². The number of anilines is 1. The third-order valence-electron chi connectivity index (χ3n) is 1.73. The summed E-state index contributed by atoms with van der Waals surface area (Å²) >= 11 is 4.66. The molecule has 0 fully saturated rings. The Bertz CT molecular complexity index is 357. The van der Waals surface area contributed by atoms with E-state index in [4.69, 9.17) is 15.2 Å². The second kappa shape index (κ2) is 5.26. The summed E-state index contributed by atoms with van der Waals surface area (Å²) in [5.41, 5.74) is 11.4. The molecule has 0 unspecified atom stereocenters. The summed E-state index contributed by atoms with van der Waals surface area (Å²) in [5, 5.41) is 0.160. The molecule has 0 saturated carbocycles. The number of nitrogens with one attached hydrogen (secondary N) is 2. The fourth-order valence-electron chi connectivity index (χ4n) is 1.03. The van der Waals surface area contributed by atoms with Crippen LogP contribution >= 0.6 is 12.2 Å². The molecule has 1 aromatic carbocycles. The maximum Gasteiger partial charge on any atom is 0.182 e. The third-order valence-corrected chi connectivity index (χ3v) is 1.83. The van der Waals surface area contributed by atoms with E-state index in [1.54, 1.807) is 32.4 Å². The first-order valence-electron chi connectivity index (χ1n) is 4.21. The maximum atomic E-state index is 5.28. The summed E-state index contributed by atoms with van der Waals surface area (Å²) < 4.78 is 10.2. The maximum absolute atomic E-state index is 5.28. The molecular weight excluding hydrogens is 214 g/mol. The van der Waals surface area contributed by atoms with E-state index in [9.17, 15) is 0 Å². The van der Waals surface area contributed by atoms with Gasteiger partial charge in [-0.25, -0.2) is 0 Å². The normalized spacial score (nSPS) is 9.20. The molecule has 0 saturated heterocycles. The van der Waals surface area contributed by atoms with Gasteiger partial charge in [-0.05, 0) is 24.4 Å². The minimum absolute atomic E-state index is 0.160. The highest BCUT2D eigenvalue weighted by atomic mass is 32.1. The molecule has 0 spiro atoms. The molecule has 82 valence electrons. The van der Waals surface area contributed by atoms with Crippen molar-refractivity contribution >= 4 is 23.0 Å². The fourth-order valence-corrected chi connectivity index (χ4v) is 1.08. The first-order valence-corrected chi connectivity index (χ1v) is 4.61. The monoisotopic (exact) mass is 227 g/mol. The highest BCUT2D eigenvalue weighted by Crippen LogP contribution is 2.28. The fraction of sp³-hybridized carbons (Fsp3) is 0.222. The summed E-state index contributed by atoms with van der Waals surface area (Å²) in [7, 11) is 3.16. The van der Waals surface area contributed by atoms with Crippen molar-refractivity contribution in [2.75, 3.05) is 19.6 Å². The molecule has 5 nitrogen and oxygen atoms in total. The lowest BCUT2D eigenvalue weighted by Gasteiger charge is -2.12. The molecule has 6 heteroatoms. The second-order valence-electron chi connectivity index (χ2n) is 2.68. The zero-order valence-electron chi connectivity index (χ0n) is 8.53. The van der Waals surface area contributed by atoms with Crippen LogP contribution in [0.1, 0.15) is 0 Å². The molecule has 0 bridgehead atoms. The smallest absolute Gasteiger partial charge is 0.182 e. The van der Waals surface area contributed by atoms with Crippen LogP contribution in [0.2, 0.25) is 0 Å². The third kappa shape index (κ3) is 3.17. The highest BCUT2D eigenvalue weighted by Gasteiger charge is 2.03. The van der Waals surface area contributed by atoms with Crippen LogP contribution in [0.3, 0.4) is 0 Å². The summed E-state index contributed by atoms with van der Waals surface area (Å²) in [5.74, 6) is 1.35. The molecule has 0 aromatic heterocycles. The molecule has 4 N–H and O–H groups in total. The van der Waals surface area contributed by atoms with Gasteiger partial charge < -0.3 is 15.2 Å². The lowest BCUT2D eigenvalue weighted by atomic mass is 10.3. The molecule has 0 aliphatic heterocycles. The van der Waals surface area contributed by atoms with E-state index in [2.05, 4.69) is 23.1 Å². The summed E-state index contributed by atoms with van der Waals surface area (Å²) in [6.07, 6.45) is 0. The molecule has 1 aromatic rings. The number of ether oxygens (including phenoxy) is 2. The molecule has 0 radical (unpaired) electrons. The van der Waals surface area contributed by atoms with Crippen LogP contribution < -0.4 is 26.1 Å². The Kier molecular flexibility index (Phi) is 3.99. The van der Waals surface area contributed by atoms with Crippen molar-refractivity contribution in [3.05, 3.63) is 18.2 Å². The predicted molar refractivity (Wildman–Crippen MR) is 63.1 cm³/mol. The van der Waals surface area contributed by atoms with Gasteiger partial charge in [0.1, 0.15) is 11.5 Å². The van der Waals surface area contributed by atoms with Gasteiger partial charge in [-0.3, -0.25) is 10.9 Å². The average Bonchev–Trinajstić information content (AvgIpc) is 2.25. The molecular formula is C9H13N3O2S. The number of thiocarbonyl (C=S) groups is 1. The van der Waals surface area contributed by atoms with E-state index >= 15 is 0 Å². The zero-order valence-corrected chi connectivity index (χ0v) is 9.35. The average molecular weight is 227 g/mol. The second-order valence-corrected chi connectivity index (χ2v) is 3.12. The quantitative estimate of drug-likeness (QED) is 0.523. The van der Waals surface area contributed by atoms with Crippen molar-refractivity contribution in [2.45, 2.75) is 0 Å². The van der Waals surface area contributed by atoms with E-state index in [-0.39, 0.29) is 5.11 Å². The molecule has 0 atom stereocenters. The van der Waals surface area contributed by atoms with Gasteiger partial charge in [-0.15, -0.1) is 0 Å². The Labute approximate surface area is 93.5 Å². The highest BCUT2D eigenvalue weighted by molar-refractivity contribution is 7.80. The van der Waals surface area contributed by atoms with E-state index in [1.807, 2.05) is 0 Å². The largest absolute Gasteiger partial charge is 0.497 e. The van der Waals surface area contributed by atoms with Gasteiger partial charge in [-0.2, -0.15) is 0 Å². The topological polar surface area (TPSA) is 68.5 Å². The van der Waals surface area contributed by atoms with Crippen LogP contribution in [-0.2, 0) is 0 Å². The van der Waals surface area contributed by atoms with E-state index < -0.39 is 0 Å². The number of nitrogens with two attached hydrogens (primary N) is 1. The molecule has 15 heavy (non-hydrogen) atoms. The lowest BCUT2D eigenvalue weighted by molar-refractivity contribution is 0.395. The van der Waals surface area contributed by atoms with Gasteiger partial charge in [0.15, 0.2) is 5.11 Å². The van der Waals surface area contributed by atoms with Crippen molar-refractivity contribution in [3.8, 4) is 11.5 Å². The van der Waals surface area contributed by atoms with Crippen molar-refractivity contribution < 1.29 is 9.47 Å². The Morgan fingerprint density at radius 3 is 2.60 bits per heavy atom. The molecule has 1 rings (SSSR count). The zero-order chi connectivity index (χ0) is 11.3. The van der Waals surface area contributed by atoms with Crippen LogP contribution in [0, 0.1) is 0 Å². The van der Waals surface area contributed by atoms with E-state index in [0.29, 0.717) is 11.5 Å².